The molecule has 0 aliphatic heterocycles. The van der Waals surface area contributed by atoms with Crippen molar-refractivity contribution in [2.45, 2.75) is 53.9 Å². The summed E-state index contributed by atoms with van der Waals surface area (Å²) < 4.78 is 0. The second-order valence-corrected chi connectivity index (χ2v) is 5.40. The lowest BCUT2D eigenvalue weighted by Crippen LogP contribution is -2.35. The van der Waals surface area contributed by atoms with Crippen LogP contribution in [0.25, 0.3) is 0 Å². The SMILES string of the molecule is C=C(C)[C@@](C)(C(=O)O)[C@@H](C)CCCC=C(C)C. The van der Waals surface area contributed by atoms with Crippen LogP contribution >= 0.6 is 0 Å². The van der Waals surface area contributed by atoms with Crippen LogP contribution in [-0.2, 0) is 4.79 Å². The summed E-state index contributed by atoms with van der Waals surface area (Å²) in [4.78, 5) is 11.4. The minimum Gasteiger partial charge on any atom is -0.481 e. The van der Waals surface area contributed by atoms with Crippen molar-refractivity contribution in [3.05, 3.63) is 23.8 Å². The molecule has 17 heavy (non-hydrogen) atoms. The zero-order chi connectivity index (χ0) is 13.6. The third-order valence-corrected chi connectivity index (χ3v) is 3.71. The Balaban J connectivity index is 4.46. The molecule has 0 unspecified atom stereocenters. The third kappa shape index (κ3) is 4.37. The third-order valence-electron chi connectivity index (χ3n) is 3.71. The van der Waals surface area contributed by atoms with Gasteiger partial charge in [-0.05, 0) is 52.9 Å². The van der Waals surface area contributed by atoms with Crippen molar-refractivity contribution in [1.29, 1.82) is 0 Å². The lowest BCUT2D eigenvalue weighted by atomic mass is 9.71. The number of unbranched alkanes of at least 4 members (excludes halogenated alkanes) is 1. The molecular weight excluding hydrogens is 212 g/mol. The van der Waals surface area contributed by atoms with Crippen molar-refractivity contribution >= 4 is 5.97 Å². The maximum absolute atomic E-state index is 11.4. The first-order valence-electron chi connectivity index (χ1n) is 6.25. The molecule has 0 aromatic rings. The molecule has 0 saturated heterocycles. The molecule has 0 aliphatic carbocycles. The maximum Gasteiger partial charge on any atom is 0.313 e. The Kier molecular flexibility index (Phi) is 6.22. The van der Waals surface area contributed by atoms with E-state index in [0.717, 1.165) is 24.8 Å². The Morgan fingerprint density at radius 3 is 2.29 bits per heavy atom. The molecule has 1 N–H and O–H groups in total. The quantitative estimate of drug-likeness (QED) is 0.526. The van der Waals surface area contributed by atoms with Crippen molar-refractivity contribution in [2.24, 2.45) is 11.3 Å². The number of carboxylic acid groups (broad SMARTS) is 1. The predicted octanol–water partition coefficient (Wildman–Crippen LogP) is 4.43. The highest BCUT2D eigenvalue weighted by molar-refractivity contribution is 5.78. The fourth-order valence-electron chi connectivity index (χ4n) is 1.92. The van der Waals surface area contributed by atoms with E-state index in [-0.39, 0.29) is 5.92 Å². The van der Waals surface area contributed by atoms with Crippen LogP contribution in [0.15, 0.2) is 23.8 Å². The monoisotopic (exact) mass is 238 g/mol. The Hall–Kier alpha value is -1.05. The minimum absolute atomic E-state index is 0.114. The van der Waals surface area contributed by atoms with Gasteiger partial charge in [-0.2, -0.15) is 0 Å². The Morgan fingerprint density at radius 1 is 1.41 bits per heavy atom. The summed E-state index contributed by atoms with van der Waals surface area (Å²) in [5, 5.41) is 9.35. The zero-order valence-electron chi connectivity index (χ0n) is 11.8. The van der Waals surface area contributed by atoms with Gasteiger partial charge in [-0.25, -0.2) is 0 Å². The van der Waals surface area contributed by atoms with E-state index in [9.17, 15) is 9.90 Å². The maximum atomic E-state index is 11.4. The summed E-state index contributed by atoms with van der Waals surface area (Å²) in [5.74, 6) is -0.650. The second-order valence-electron chi connectivity index (χ2n) is 5.40. The Bertz CT molecular complexity index is 295. The molecule has 2 atom stereocenters. The average molecular weight is 238 g/mol. The van der Waals surface area contributed by atoms with Gasteiger partial charge in [-0.1, -0.05) is 30.7 Å². The van der Waals surface area contributed by atoms with Gasteiger partial charge in [0.05, 0.1) is 5.41 Å². The van der Waals surface area contributed by atoms with Gasteiger partial charge in [0.2, 0.25) is 0 Å². The minimum atomic E-state index is -0.801. The largest absolute Gasteiger partial charge is 0.481 e. The van der Waals surface area contributed by atoms with Crippen molar-refractivity contribution < 1.29 is 9.90 Å². The van der Waals surface area contributed by atoms with Crippen LogP contribution in [0.3, 0.4) is 0 Å². The first kappa shape index (κ1) is 16.0. The van der Waals surface area contributed by atoms with E-state index in [4.69, 9.17) is 0 Å². The number of allylic oxidation sites excluding steroid dienone is 2. The van der Waals surface area contributed by atoms with Crippen LogP contribution in [0.2, 0.25) is 0 Å². The molecule has 0 radical (unpaired) electrons. The number of hydrogen-bond acceptors (Lipinski definition) is 1. The molecule has 98 valence electrons. The van der Waals surface area contributed by atoms with Crippen molar-refractivity contribution in [3.8, 4) is 0 Å². The number of rotatable bonds is 7. The highest BCUT2D eigenvalue weighted by Gasteiger charge is 2.39. The van der Waals surface area contributed by atoms with Gasteiger partial charge in [0, 0.05) is 0 Å². The van der Waals surface area contributed by atoms with Crippen molar-refractivity contribution in [1.82, 2.24) is 0 Å². The van der Waals surface area contributed by atoms with E-state index >= 15 is 0 Å². The number of aliphatic carboxylic acids is 1. The zero-order valence-corrected chi connectivity index (χ0v) is 11.8. The Labute approximate surface area is 105 Å². The van der Waals surface area contributed by atoms with E-state index < -0.39 is 11.4 Å². The van der Waals surface area contributed by atoms with Crippen LogP contribution in [0.4, 0.5) is 0 Å². The standard InChI is InChI=1S/C15H26O2/c1-11(2)9-7-8-10-13(5)15(6,12(3)4)14(16)17/h9,13H,3,7-8,10H2,1-2,4-6H3,(H,16,17)/t13-,15+/m0/s1. The lowest BCUT2D eigenvalue weighted by molar-refractivity contribution is -0.148. The molecule has 0 saturated carbocycles. The molecule has 0 bridgehead atoms. The molecule has 0 aliphatic rings. The van der Waals surface area contributed by atoms with Crippen LogP contribution in [-0.4, -0.2) is 11.1 Å². The van der Waals surface area contributed by atoms with Crippen molar-refractivity contribution in [2.75, 3.05) is 0 Å². The van der Waals surface area contributed by atoms with Crippen LogP contribution in [0, 0.1) is 11.3 Å². The molecule has 0 spiro atoms. The van der Waals surface area contributed by atoms with Gasteiger partial charge in [0.15, 0.2) is 0 Å². The van der Waals surface area contributed by atoms with E-state index in [1.54, 1.807) is 13.8 Å². The number of carboxylic acids is 1. The Morgan fingerprint density at radius 2 is 1.94 bits per heavy atom. The van der Waals surface area contributed by atoms with Crippen molar-refractivity contribution in [3.63, 3.8) is 0 Å². The molecule has 0 rings (SSSR count). The van der Waals surface area contributed by atoms with E-state index in [0.29, 0.717) is 0 Å². The van der Waals surface area contributed by atoms with Crippen LogP contribution in [0.5, 0.6) is 0 Å². The highest BCUT2D eigenvalue weighted by atomic mass is 16.4. The topological polar surface area (TPSA) is 37.3 Å². The summed E-state index contributed by atoms with van der Waals surface area (Å²) in [5.41, 5.74) is 1.25. The first-order valence-corrected chi connectivity index (χ1v) is 6.25. The number of hydrogen-bond donors (Lipinski definition) is 1. The normalized spacial score (nSPS) is 15.8. The summed E-state index contributed by atoms with van der Waals surface area (Å²) in [6.45, 7) is 13.6. The summed E-state index contributed by atoms with van der Waals surface area (Å²) in [7, 11) is 0. The second kappa shape index (κ2) is 6.63. The molecule has 0 amide bonds. The fraction of sp³-hybridized carbons (Fsp3) is 0.667. The highest BCUT2D eigenvalue weighted by Crippen LogP contribution is 2.37. The van der Waals surface area contributed by atoms with Gasteiger partial charge in [-0.3, -0.25) is 4.79 Å². The lowest BCUT2D eigenvalue weighted by Gasteiger charge is -2.32. The van der Waals surface area contributed by atoms with Gasteiger partial charge >= 0.3 is 5.97 Å². The van der Waals surface area contributed by atoms with Gasteiger partial charge in [-0.15, -0.1) is 0 Å². The fourth-order valence-corrected chi connectivity index (χ4v) is 1.92. The summed E-state index contributed by atoms with van der Waals surface area (Å²) in [6, 6.07) is 0. The molecule has 0 fully saturated rings. The average Bonchev–Trinajstić information content (AvgIpc) is 2.21. The molecule has 2 heteroatoms. The van der Waals surface area contributed by atoms with Gasteiger partial charge in [0.25, 0.3) is 0 Å². The number of carbonyl (C=O) groups is 1. The van der Waals surface area contributed by atoms with Crippen LogP contribution < -0.4 is 0 Å². The van der Waals surface area contributed by atoms with Gasteiger partial charge < -0.3 is 5.11 Å². The molecule has 0 aromatic heterocycles. The summed E-state index contributed by atoms with van der Waals surface area (Å²) in [6.07, 6.45) is 5.17. The first-order chi connectivity index (χ1) is 7.72. The van der Waals surface area contributed by atoms with E-state index in [1.165, 1.54) is 5.57 Å². The molecule has 0 aromatic carbocycles. The smallest absolute Gasteiger partial charge is 0.313 e. The van der Waals surface area contributed by atoms with Crippen LogP contribution in [0.1, 0.15) is 53.9 Å². The van der Waals surface area contributed by atoms with E-state index in [1.807, 2.05) is 6.92 Å². The summed E-state index contributed by atoms with van der Waals surface area (Å²) >= 11 is 0. The van der Waals surface area contributed by atoms with Gasteiger partial charge in [0.1, 0.15) is 0 Å². The molecular formula is C15H26O2. The van der Waals surface area contributed by atoms with E-state index in [2.05, 4.69) is 26.5 Å². The predicted molar refractivity (Wildman–Crippen MR) is 73.0 cm³/mol. The molecule has 2 nitrogen and oxygen atoms in total. The molecule has 0 heterocycles.